The van der Waals surface area contributed by atoms with Gasteiger partial charge >= 0.3 is 0 Å². The molecule has 2 amide bonds. The highest BCUT2D eigenvalue weighted by Gasteiger charge is 2.22. The van der Waals surface area contributed by atoms with E-state index >= 15 is 0 Å². The first-order valence-electron chi connectivity index (χ1n) is 9.68. The number of carbonyl (C=O) groups is 2. The molecule has 4 N–H and O–H groups in total. The number of hydrogen-bond acceptors (Lipinski definition) is 6. The third-order valence-electron chi connectivity index (χ3n) is 4.38. The van der Waals surface area contributed by atoms with Crippen LogP contribution in [0.2, 0.25) is 5.02 Å². The second-order valence-corrected chi connectivity index (χ2v) is 7.46. The molecule has 0 saturated heterocycles. The van der Waals surface area contributed by atoms with Gasteiger partial charge in [0.15, 0.2) is 0 Å². The van der Waals surface area contributed by atoms with Crippen LogP contribution in [-0.2, 0) is 9.59 Å². The van der Waals surface area contributed by atoms with Gasteiger partial charge in [-0.3, -0.25) is 19.6 Å². The smallest absolute Gasteiger partial charge is 0.247 e. The summed E-state index contributed by atoms with van der Waals surface area (Å²) in [5.41, 5.74) is 7.13. The van der Waals surface area contributed by atoms with E-state index in [-0.39, 0.29) is 31.0 Å². The molecule has 0 bridgehead atoms. The molecule has 1 aromatic heterocycles. The summed E-state index contributed by atoms with van der Waals surface area (Å²) in [4.78, 5) is 38.2. The average molecular weight is 432 g/mol. The fourth-order valence-corrected chi connectivity index (χ4v) is 3.08. The van der Waals surface area contributed by atoms with Gasteiger partial charge in [-0.25, -0.2) is 4.99 Å². The molecular formula is C20H26ClN7O2. The summed E-state index contributed by atoms with van der Waals surface area (Å²) in [5, 5.41) is 16.1. The SMILES string of the molecule is CC(=N)CC1=NCCCN1C(=O)CCC(=O)N=C(N)CCC(=N)c1cncc(Cl)c1. The van der Waals surface area contributed by atoms with Crippen LogP contribution in [0.1, 0.15) is 51.0 Å². The van der Waals surface area contributed by atoms with E-state index < -0.39 is 5.91 Å². The first-order valence-corrected chi connectivity index (χ1v) is 10.1. The zero-order valence-corrected chi connectivity index (χ0v) is 17.7. The number of aliphatic imine (C=N–C) groups is 2. The van der Waals surface area contributed by atoms with E-state index in [4.69, 9.17) is 28.2 Å². The number of nitrogens with zero attached hydrogens (tertiary/aromatic N) is 4. The molecule has 0 aromatic carbocycles. The predicted molar refractivity (Wildman–Crippen MR) is 118 cm³/mol. The Balaban J connectivity index is 1.82. The van der Waals surface area contributed by atoms with Crippen molar-refractivity contribution < 1.29 is 9.59 Å². The van der Waals surface area contributed by atoms with Crippen molar-refractivity contribution in [1.29, 1.82) is 10.8 Å². The number of hydrogen-bond donors (Lipinski definition) is 3. The van der Waals surface area contributed by atoms with E-state index in [1.54, 1.807) is 17.9 Å². The van der Waals surface area contributed by atoms with Crippen LogP contribution in [-0.4, -0.2) is 57.9 Å². The normalized spacial score (nSPS) is 14.3. The van der Waals surface area contributed by atoms with Gasteiger partial charge in [-0.15, -0.1) is 0 Å². The fourth-order valence-electron chi connectivity index (χ4n) is 2.90. The number of nitrogens with one attached hydrogen (secondary N) is 2. The van der Waals surface area contributed by atoms with Gasteiger partial charge in [0.25, 0.3) is 0 Å². The predicted octanol–water partition coefficient (Wildman–Crippen LogP) is 2.61. The minimum Gasteiger partial charge on any atom is -0.387 e. The highest BCUT2D eigenvalue weighted by atomic mass is 35.5. The maximum absolute atomic E-state index is 12.5. The second-order valence-electron chi connectivity index (χ2n) is 7.02. The zero-order valence-electron chi connectivity index (χ0n) is 16.9. The molecule has 0 saturated carbocycles. The summed E-state index contributed by atoms with van der Waals surface area (Å²) < 4.78 is 0. The van der Waals surface area contributed by atoms with Crippen LogP contribution < -0.4 is 5.73 Å². The third kappa shape index (κ3) is 7.47. The average Bonchev–Trinajstić information content (AvgIpc) is 2.70. The zero-order chi connectivity index (χ0) is 22.1. The Morgan fingerprint density at radius 2 is 2.00 bits per heavy atom. The second kappa shape index (κ2) is 11.3. The summed E-state index contributed by atoms with van der Waals surface area (Å²) in [5.74, 6) is 0.0256. The molecule has 2 rings (SSSR count). The molecule has 0 unspecified atom stereocenters. The van der Waals surface area contributed by atoms with Crippen molar-refractivity contribution in [2.24, 2.45) is 15.7 Å². The van der Waals surface area contributed by atoms with Gasteiger partial charge in [-0.2, -0.15) is 0 Å². The number of pyridine rings is 1. The van der Waals surface area contributed by atoms with E-state index in [0.29, 0.717) is 53.8 Å². The standard InChI is InChI=1S/C20H26ClN7O2/c1-13(22)9-18-26-7-2-8-28(18)20(30)6-5-19(29)27-17(24)4-3-16(23)14-10-15(21)12-25-11-14/h10-12,22-23H,2-9H2,1H3,(H2,24,27,29). The van der Waals surface area contributed by atoms with Gasteiger partial charge in [0, 0.05) is 68.2 Å². The van der Waals surface area contributed by atoms with Gasteiger partial charge in [-0.1, -0.05) is 11.6 Å². The first kappa shape index (κ1) is 23.3. The van der Waals surface area contributed by atoms with Crippen LogP contribution in [0.5, 0.6) is 0 Å². The van der Waals surface area contributed by atoms with Crippen LogP contribution in [0, 0.1) is 10.8 Å². The molecule has 0 aliphatic carbocycles. The monoisotopic (exact) mass is 431 g/mol. The van der Waals surface area contributed by atoms with Crippen LogP contribution in [0.15, 0.2) is 28.4 Å². The van der Waals surface area contributed by atoms with Crippen molar-refractivity contribution in [2.45, 2.75) is 45.4 Å². The van der Waals surface area contributed by atoms with E-state index in [9.17, 15) is 9.59 Å². The Morgan fingerprint density at radius 1 is 1.23 bits per heavy atom. The molecule has 2 heterocycles. The van der Waals surface area contributed by atoms with Gasteiger partial charge in [0.05, 0.1) is 5.02 Å². The van der Waals surface area contributed by atoms with Gasteiger partial charge < -0.3 is 21.5 Å². The molecule has 160 valence electrons. The largest absolute Gasteiger partial charge is 0.387 e. The van der Waals surface area contributed by atoms with Crippen LogP contribution in [0.3, 0.4) is 0 Å². The lowest BCUT2D eigenvalue weighted by Gasteiger charge is -2.27. The van der Waals surface area contributed by atoms with E-state index in [1.807, 2.05) is 0 Å². The van der Waals surface area contributed by atoms with E-state index in [1.165, 1.54) is 12.4 Å². The molecule has 10 heteroatoms. The van der Waals surface area contributed by atoms with Crippen molar-refractivity contribution in [3.63, 3.8) is 0 Å². The van der Waals surface area contributed by atoms with Crippen LogP contribution in [0.4, 0.5) is 0 Å². The molecule has 1 aliphatic heterocycles. The Bertz CT molecular complexity index is 895. The Labute approximate surface area is 180 Å². The molecule has 0 atom stereocenters. The molecule has 0 spiro atoms. The van der Waals surface area contributed by atoms with Crippen LogP contribution >= 0.6 is 11.6 Å². The van der Waals surface area contributed by atoms with Gasteiger partial charge in [0.2, 0.25) is 11.8 Å². The summed E-state index contributed by atoms with van der Waals surface area (Å²) >= 11 is 5.87. The van der Waals surface area contributed by atoms with Crippen molar-refractivity contribution in [3.8, 4) is 0 Å². The number of carbonyl (C=O) groups excluding carboxylic acids is 2. The number of rotatable bonds is 9. The van der Waals surface area contributed by atoms with Crippen LogP contribution in [0.25, 0.3) is 0 Å². The Hall–Kier alpha value is -2.94. The summed E-state index contributed by atoms with van der Waals surface area (Å²) in [7, 11) is 0. The lowest BCUT2D eigenvalue weighted by atomic mass is 10.1. The van der Waals surface area contributed by atoms with Crippen molar-refractivity contribution >= 4 is 46.5 Å². The maximum Gasteiger partial charge on any atom is 0.247 e. The lowest BCUT2D eigenvalue weighted by Crippen LogP contribution is -2.41. The van der Waals surface area contributed by atoms with Crippen molar-refractivity contribution in [3.05, 3.63) is 29.0 Å². The molecule has 1 aliphatic rings. The topological polar surface area (TPSA) is 149 Å². The first-order chi connectivity index (χ1) is 14.3. The molecule has 0 radical (unpaired) electrons. The quantitative estimate of drug-likeness (QED) is 0.406. The molecule has 30 heavy (non-hydrogen) atoms. The third-order valence-corrected chi connectivity index (χ3v) is 4.58. The molecule has 1 aromatic rings. The summed E-state index contributed by atoms with van der Waals surface area (Å²) in [6, 6.07) is 1.64. The number of nitrogens with two attached hydrogens (primary N) is 1. The number of aromatic nitrogens is 1. The molecular weight excluding hydrogens is 406 g/mol. The number of halogens is 1. The fraction of sp³-hybridized carbons (Fsp3) is 0.450. The van der Waals surface area contributed by atoms with Gasteiger partial charge in [-0.05, 0) is 25.8 Å². The molecule has 9 nitrogen and oxygen atoms in total. The summed E-state index contributed by atoms with van der Waals surface area (Å²) in [6.07, 6.45) is 4.61. The Kier molecular flexibility index (Phi) is 8.79. The highest BCUT2D eigenvalue weighted by Crippen LogP contribution is 2.12. The highest BCUT2D eigenvalue weighted by molar-refractivity contribution is 6.30. The maximum atomic E-state index is 12.5. The van der Waals surface area contributed by atoms with Gasteiger partial charge in [0.1, 0.15) is 11.7 Å². The minimum absolute atomic E-state index is 0.00961. The molecule has 0 fully saturated rings. The Morgan fingerprint density at radius 3 is 2.70 bits per heavy atom. The van der Waals surface area contributed by atoms with E-state index in [2.05, 4.69) is 15.0 Å². The van der Waals surface area contributed by atoms with Crippen molar-refractivity contribution in [1.82, 2.24) is 9.88 Å². The lowest BCUT2D eigenvalue weighted by molar-refractivity contribution is -0.130. The number of amidine groups is 2. The van der Waals surface area contributed by atoms with E-state index in [0.717, 1.165) is 6.42 Å². The van der Waals surface area contributed by atoms with Crippen molar-refractivity contribution in [2.75, 3.05) is 13.1 Å². The minimum atomic E-state index is -0.476. The number of amides is 2. The summed E-state index contributed by atoms with van der Waals surface area (Å²) in [6.45, 7) is 2.86.